The fourth-order valence-corrected chi connectivity index (χ4v) is 2.93. The molecule has 0 radical (unpaired) electrons. The molecule has 2 heterocycles. The minimum Gasteiger partial charge on any atom is -0.481 e. The third-order valence-corrected chi connectivity index (χ3v) is 4.07. The van der Waals surface area contributed by atoms with Crippen LogP contribution in [0.15, 0.2) is 0 Å². The minimum atomic E-state index is -0.835. The predicted octanol–water partition coefficient (Wildman–Crippen LogP) is 1.16. The zero-order chi connectivity index (χ0) is 13.8. The Hall–Kier alpha value is -1.30. The average Bonchev–Trinajstić information content (AvgIpc) is 2.85. The lowest BCUT2D eigenvalue weighted by molar-refractivity contribution is -0.138. The molecule has 0 saturated carbocycles. The number of carbonyl (C=O) groups excluding carboxylic acids is 1. The second-order valence-electron chi connectivity index (χ2n) is 5.32. The molecule has 1 unspecified atom stereocenters. The minimum absolute atomic E-state index is 0.0318. The number of ether oxygens (including phenoxy) is 1. The van der Waals surface area contributed by atoms with E-state index in [0.29, 0.717) is 19.8 Å². The molecule has 0 aromatic rings. The summed E-state index contributed by atoms with van der Waals surface area (Å²) in [4.78, 5) is 26.8. The molecular weight excluding hydrogens is 248 g/mol. The van der Waals surface area contributed by atoms with Crippen LogP contribution >= 0.6 is 0 Å². The summed E-state index contributed by atoms with van der Waals surface area (Å²) in [5.74, 6) is -0.835. The Kier molecular flexibility index (Phi) is 4.63. The highest BCUT2D eigenvalue weighted by molar-refractivity contribution is 5.76. The summed E-state index contributed by atoms with van der Waals surface area (Å²) < 4.78 is 5.30. The summed E-state index contributed by atoms with van der Waals surface area (Å²) in [5, 5.41) is 8.89. The molecule has 0 aliphatic carbocycles. The van der Waals surface area contributed by atoms with E-state index in [0.717, 1.165) is 25.7 Å². The molecule has 6 nitrogen and oxygen atoms in total. The Morgan fingerprint density at radius 1 is 1.32 bits per heavy atom. The summed E-state index contributed by atoms with van der Waals surface area (Å²) in [6.07, 6.45) is 3.46. The van der Waals surface area contributed by atoms with Crippen LogP contribution in [0.5, 0.6) is 0 Å². The van der Waals surface area contributed by atoms with E-state index in [9.17, 15) is 9.59 Å². The SMILES string of the molecule is CN(C(=O)N1CCCC1CC(=O)O)C1CCOCC1. The lowest BCUT2D eigenvalue weighted by Crippen LogP contribution is -2.49. The van der Waals surface area contributed by atoms with Crippen molar-refractivity contribution in [1.29, 1.82) is 0 Å². The van der Waals surface area contributed by atoms with E-state index in [1.165, 1.54) is 0 Å². The summed E-state index contributed by atoms with van der Waals surface area (Å²) >= 11 is 0. The lowest BCUT2D eigenvalue weighted by atomic mass is 10.1. The maximum Gasteiger partial charge on any atom is 0.320 e. The Balaban J connectivity index is 1.95. The highest BCUT2D eigenvalue weighted by Gasteiger charge is 2.34. The zero-order valence-corrected chi connectivity index (χ0v) is 11.4. The number of aliphatic carboxylic acids is 1. The number of carboxylic acid groups (broad SMARTS) is 1. The molecule has 0 aromatic heterocycles. The van der Waals surface area contributed by atoms with Crippen molar-refractivity contribution in [2.45, 2.75) is 44.2 Å². The van der Waals surface area contributed by atoms with E-state index in [4.69, 9.17) is 9.84 Å². The van der Waals surface area contributed by atoms with Gasteiger partial charge >= 0.3 is 12.0 Å². The van der Waals surface area contributed by atoms with Crippen molar-refractivity contribution in [3.63, 3.8) is 0 Å². The van der Waals surface area contributed by atoms with Gasteiger partial charge < -0.3 is 19.6 Å². The van der Waals surface area contributed by atoms with Gasteiger partial charge in [0.2, 0.25) is 0 Å². The molecule has 2 aliphatic heterocycles. The van der Waals surface area contributed by atoms with Crippen LogP contribution in [0.2, 0.25) is 0 Å². The van der Waals surface area contributed by atoms with Gasteiger partial charge in [-0.2, -0.15) is 0 Å². The number of nitrogens with zero attached hydrogens (tertiary/aromatic N) is 2. The van der Waals surface area contributed by atoms with Crippen molar-refractivity contribution in [2.24, 2.45) is 0 Å². The van der Waals surface area contributed by atoms with Crippen LogP contribution in [0.3, 0.4) is 0 Å². The van der Waals surface area contributed by atoms with Gasteiger partial charge in [0.1, 0.15) is 0 Å². The number of hydrogen-bond acceptors (Lipinski definition) is 3. The summed E-state index contributed by atoms with van der Waals surface area (Å²) in [6.45, 7) is 2.06. The van der Waals surface area contributed by atoms with Gasteiger partial charge in [0.25, 0.3) is 0 Å². The van der Waals surface area contributed by atoms with Crippen LogP contribution in [-0.4, -0.2) is 65.8 Å². The monoisotopic (exact) mass is 270 g/mol. The first-order valence-electron chi connectivity index (χ1n) is 6.92. The summed E-state index contributed by atoms with van der Waals surface area (Å²) in [5.41, 5.74) is 0. The molecule has 2 fully saturated rings. The standard InChI is InChI=1S/C13H22N2O4/c1-14(10-4-7-19-8-5-10)13(18)15-6-2-3-11(15)9-12(16)17/h10-11H,2-9H2,1H3,(H,16,17). The first-order chi connectivity index (χ1) is 9.09. The quantitative estimate of drug-likeness (QED) is 0.835. The van der Waals surface area contributed by atoms with Gasteiger partial charge in [-0.15, -0.1) is 0 Å². The number of urea groups is 1. The topological polar surface area (TPSA) is 70.1 Å². The Bertz CT molecular complexity index is 342. The molecule has 1 atom stereocenters. The molecule has 6 heteroatoms. The predicted molar refractivity (Wildman–Crippen MR) is 69.0 cm³/mol. The number of carboxylic acids is 1. The number of rotatable bonds is 3. The van der Waals surface area contributed by atoms with Crippen molar-refractivity contribution < 1.29 is 19.4 Å². The largest absolute Gasteiger partial charge is 0.481 e. The maximum atomic E-state index is 12.5. The van der Waals surface area contributed by atoms with Gasteiger partial charge in [-0.05, 0) is 25.7 Å². The van der Waals surface area contributed by atoms with E-state index < -0.39 is 5.97 Å². The fourth-order valence-electron chi connectivity index (χ4n) is 2.93. The molecule has 0 bridgehead atoms. The second-order valence-corrected chi connectivity index (χ2v) is 5.32. The smallest absolute Gasteiger partial charge is 0.320 e. The van der Waals surface area contributed by atoms with Crippen molar-refractivity contribution in [2.75, 3.05) is 26.8 Å². The summed E-state index contributed by atoms with van der Waals surface area (Å²) in [6, 6.07) is 0.0373. The van der Waals surface area contributed by atoms with Crippen molar-refractivity contribution in [3.05, 3.63) is 0 Å². The number of carbonyl (C=O) groups is 2. The molecule has 2 aliphatic rings. The molecule has 0 aromatic carbocycles. The third kappa shape index (κ3) is 3.37. The van der Waals surface area contributed by atoms with Crippen molar-refractivity contribution in [1.82, 2.24) is 9.80 Å². The number of hydrogen-bond donors (Lipinski definition) is 1. The van der Waals surface area contributed by atoms with E-state index in [1.807, 2.05) is 7.05 Å². The maximum absolute atomic E-state index is 12.5. The molecule has 2 rings (SSSR count). The average molecular weight is 270 g/mol. The molecule has 1 N–H and O–H groups in total. The highest BCUT2D eigenvalue weighted by Crippen LogP contribution is 2.23. The Labute approximate surface area is 113 Å². The Morgan fingerprint density at radius 2 is 2.00 bits per heavy atom. The van der Waals surface area contributed by atoms with Crippen LogP contribution in [0, 0.1) is 0 Å². The Morgan fingerprint density at radius 3 is 2.63 bits per heavy atom. The summed E-state index contributed by atoms with van der Waals surface area (Å²) in [7, 11) is 1.81. The van der Waals surface area contributed by atoms with Gasteiger partial charge in [-0.3, -0.25) is 4.79 Å². The van der Waals surface area contributed by atoms with E-state index in [1.54, 1.807) is 9.80 Å². The number of likely N-dealkylation sites (tertiary alicyclic amines) is 1. The highest BCUT2D eigenvalue weighted by atomic mass is 16.5. The van der Waals surface area contributed by atoms with Gasteiger partial charge in [0.15, 0.2) is 0 Å². The first-order valence-corrected chi connectivity index (χ1v) is 6.92. The molecule has 2 saturated heterocycles. The van der Waals surface area contributed by atoms with Crippen LogP contribution in [0.1, 0.15) is 32.1 Å². The van der Waals surface area contributed by atoms with Gasteiger partial charge in [0.05, 0.1) is 6.42 Å². The van der Waals surface area contributed by atoms with Crippen molar-refractivity contribution >= 4 is 12.0 Å². The van der Waals surface area contributed by atoms with Crippen LogP contribution in [0.4, 0.5) is 4.79 Å². The molecular formula is C13H22N2O4. The third-order valence-electron chi connectivity index (χ3n) is 4.07. The van der Waals surface area contributed by atoms with E-state index in [-0.39, 0.29) is 24.5 Å². The van der Waals surface area contributed by atoms with E-state index in [2.05, 4.69) is 0 Å². The molecule has 0 spiro atoms. The zero-order valence-electron chi connectivity index (χ0n) is 11.4. The molecule has 19 heavy (non-hydrogen) atoms. The second kappa shape index (κ2) is 6.23. The van der Waals surface area contributed by atoms with Gasteiger partial charge in [-0.25, -0.2) is 4.79 Å². The van der Waals surface area contributed by atoms with Crippen LogP contribution in [-0.2, 0) is 9.53 Å². The van der Waals surface area contributed by atoms with Crippen LogP contribution < -0.4 is 0 Å². The molecule has 108 valence electrons. The fraction of sp³-hybridized carbons (Fsp3) is 0.846. The van der Waals surface area contributed by atoms with E-state index >= 15 is 0 Å². The molecule has 2 amide bonds. The first kappa shape index (κ1) is 14.1. The van der Waals surface area contributed by atoms with Gasteiger partial charge in [0, 0.05) is 38.9 Å². The van der Waals surface area contributed by atoms with Gasteiger partial charge in [-0.1, -0.05) is 0 Å². The van der Waals surface area contributed by atoms with Crippen molar-refractivity contribution in [3.8, 4) is 0 Å². The lowest BCUT2D eigenvalue weighted by Gasteiger charge is -2.35. The van der Waals surface area contributed by atoms with Crippen LogP contribution in [0.25, 0.3) is 0 Å². The number of amides is 2. The normalized spacial score (nSPS) is 24.5.